The van der Waals surface area contributed by atoms with Gasteiger partial charge in [0.05, 0.1) is 24.0 Å². The van der Waals surface area contributed by atoms with E-state index in [1.165, 1.54) is 36.1 Å². The third-order valence-electron chi connectivity index (χ3n) is 2.66. The summed E-state index contributed by atoms with van der Waals surface area (Å²) >= 11 is 0. The van der Waals surface area contributed by atoms with Gasteiger partial charge in [-0.25, -0.2) is 9.18 Å². The fourth-order valence-electron chi connectivity index (χ4n) is 1.75. The van der Waals surface area contributed by atoms with Gasteiger partial charge in [-0.2, -0.15) is 5.26 Å². The molecule has 5 nitrogen and oxygen atoms in total. The van der Waals surface area contributed by atoms with Gasteiger partial charge in [0.2, 0.25) is 0 Å². The molecular weight excluding hydrogens is 249 g/mol. The standard InChI is InChI=1S/C13H10FN3O2/c1-19-13(18)12-11(16)8(6-15)7-17(12)10-5-3-2-4-9(10)14/h2-5,7H,16H2,1H3. The number of nitriles is 1. The molecule has 2 rings (SSSR count). The predicted molar refractivity (Wildman–Crippen MR) is 66.2 cm³/mol. The maximum atomic E-state index is 13.8. The van der Waals surface area contributed by atoms with Crippen molar-refractivity contribution in [1.29, 1.82) is 5.26 Å². The highest BCUT2D eigenvalue weighted by molar-refractivity contribution is 5.95. The van der Waals surface area contributed by atoms with E-state index in [4.69, 9.17) is 11.0 Å². The zero-order chi connectivity index (χ0) is 14.0. The number of halogens is 1. The van der Waals surface area contributed by atoms with Crippen LogP contribution in [0.15, 0.2) is 30.5 Å². The van der Waals surface area contributed by atoms with Crippen LogP contribution in [0.2, 0.25) is 0 Å². The number of nitrogens with zero attached hydrogens (tertiary/aromatic N) is 2. The number of methoxy groups -OCH3 is 1. The average molecular weight is 259 g/mol. The Morgan fingerprint density at radius 1 is 1.47 bits per heavy atom. The quantitative estimate of drug-likeness (QED) is 0.834. The van der Waals surface area contributed by atoms with Crippen LogP contribution in [0, 0.1) is 17.1 Å². The highest BCUT2D eigenvalue weighted by Gasteiger charge is 2.22. The van der Waals surface area contributed by atoms with Crippen molar-refractivity contribution in [2.75, 3.05) is 12.8 Å². The number of ether oxygens (including phenoxy) is 1. The van der Waals surface area contributed by atoms with Crippen molar-refractivity contribution < 1.29 is 13.9 Å². The third-order valence-corrected chi connectivity index (χ3v) is 2.66. The van der Waals surface area contributed by atoms with Crippen molar-refractivity contribution in [2.24, 2.45) is 0 Å². The van der Waals surface area contributed by atoms with Crippen molar-refractivity contribution in [1.82, 2.24) is 4.57 Å². The Bertz CT molecular complexity index is 686. The van der Waals surface area contributed by atoms with Crippen LogP contribution in [-0.4, -0.2) is 17.6 Å². The summed E-state index contributed by atoms with van der Waals surface area (Å²) in [5, 5.41) is 8.94. The number of nitrogens with two attached hydrogens (primary N) is 1. The Morgan fingerprint density at radius 3 is 2.74 bits per heavy atom. The van der Waals surface area contributed by atoms with Crippen LogP contribution in [0.5, 0.6) is 0 Å². The largest absolute Gasteiger partial charge is 0.464 e. The molecule has 2 aromatic rings. The number of benzene rings is 1. The zero-order valence-electron chi connectivity index (χ0n) is 10.1. The highest BCUT2D eigenvalue weighted by atomic mass is 19.1. The lowest BCUT2D eigenvalue weighted by atomic mass is 10.2. The van der Waals surface area contributed by atoms with Crippen molar-refractivity contribution in [3.8, 4) is 11.8 Å². The van der Waals surface area contributed by atoms with E-state index >= 15 is 0 Å². The first kappa shape index (κ1) is 12.6. The fourth-order valence-corrected chi connectivity index (χ4v) is 1.75. The molecule has 0 bridgehead atoms. The number of rotatable bonds is 2. The van der Waals surface area contributed by atoms with Gasteiger partial charge in [0.25, 0.3) is 0 Å². The van der Waals surface area contributed by atoms with E-state index in [2.05, 4.69) is 4.74 Å². The summed E-state index contributed by atoms with van der Waals surface area (Å²) in [4.78, 5) is 11.7. The number of esters is 1. The second-order valence-corrected chi connectivity index (χ2v) is 3.73. The number of para-hydroxylation sites is 1. The topological polar surface area (TPSA) is 81.0 Å². The minimum atomic E-state index is -0.734. The molecule has 0 saturated heterocycles. The molecule has 6 heteroatoms. The highest BCUT2D eigenvalue weighted by Crippen LogP contribution is 2.25. The van der Waals surface area contributed by atoms with Crippen LogP contribution in [0.3, 0.4) is 0 Å². The fraction of sp³-hybridized carbons (Fsp3) is 0.0769. The zero-order valence-corrected chi connectivity index (χ0v) is 10.1. The molecule has 0 fully saturated rings. The van der Waals surface area contributed by atoms with Crippen LogP contribution in [0.4, 0.5) is 10.1 Å². The van der Waals surface area contributed by atoms with E-state index in [0.717, 1.165) is 0 Å². The summed E-state index contributed by atoms with van der Waals surface area (Å²) in [7, 11) is 1.19. The van der Waals surface area contributed by atoms with Crippen molar-refractivity contribution >= 4 is 11.7 Å². The molecule has 2 N–H and O–H groups in total. The van der Waals surface area contributed by atoms with Gasteiger partial charge in [-0.1, -0.05) is 12.1 Å². The number of nitrogen functional groups attached to an aromatic ring is 1. The average Bonchev–Trinajstić information content (AvgIpc) is 2.75. The Balaban J connectivity index is 2.74. The van der Waals surface area contributed by atoms with E-state index in [0.29, 0.717) is 0 Å². The summed E-state index contributed by atoms with van der Waals surface area (Å²) in [6.07, 6.45) is 1.31. The number of hydrogen-bond donors (Lipinski definition) is 1. The summed E-state index contributed by atoms with van der Waals surface area (Å²) < 4.78 is 19.6. The predicted octanol–water partition coefficient (Wildman–Crippen LogP) is 1.86. The van der Waals surface area contributed by atoms with E-state index in [1.807, 2.05) is 6.07 Å². The summed E-state index contributed by atoms with van der Waals surface area (Å²) in [5.74, 6) is -1.27. The Hall–Kier alpha value is -2.81. The minimum Gasteiger partial charge on any atom is -0.464 e. The van der Waals surface area contributed by atoms with Gasteiger partial charge < -0.3 is 15.0 Å². The van der Waals surface area contributed by atoms with Gasteiger partial charge in [0, 0.05) is 6.20 Å². The van der Waals surface area contributed by atoms with Crippen molar-refractivity contribution in [3.05, 3.63) is 47.5 Å². The first-order valence-electron chi connectivity index (χ1n) is 5.34. The second-order valence-electron chi connectivity index (χ2n) is 3.73. The van der Waals surface area contributed by atoms with Crippen molar-refractivity contribution in [3.63, 3.8) is 0 Å². The molecule has 0 aliphatic heterocycles. The Labute approximate surface area is 108 Å². The molecule has 0 radical (unpaired) electrons. The SMILES string of the molecule is COC(=O)c1c(N)c(C#N)cn1-c1ccccc1F. The molecule has 0 unspecified atom stereocenters. The minimum absolute atomic E-state index is 0.0300. The number of anilines is 1. The first-order chi connectivity index (χ1) is 9.10. The molecule has 1 aromatic carbocycles. The van der Waals surface area contributed by atoms with E-state index in [1.54, 1.807) is 6.07 Å². The monoisotopic (exact) mass is 259 g/mol. The Morgan fingerprint density at radius 2 is 2.16 bits per heavy atom. The van der Waals surface area contributed by atoms with Gasteiger partial charge in [0.15, 0.2) is 5.69 Å². The van der Waals surface area contributed by atoms with Gasteiger partial charge in [-0.15, -0.1) is 0 Å². The van der Waals surface area contributed by atoms with Crippen LogP contribution < -0.4 is 5.73 Å². The second kappa shape index (κ2) is 4.82. The van der Waals surface area contributed by atoms with Crippen LogP contribution in [-0.2, 0) is 4.74 Å². The smallest absolute Gasteiger partial charge is 0.357 e. The number of carbonyl (C=O) groups excluding carboxylic acids is 1. The first-order valence-corrected chi connectivity index (χ1v) is 5.34. The molecule has 0 aliphatic carbocycles. The van der Waals surface area contributed by atoms with E-state index < -0.39 is 11.8 Å². The number of hydrogen-bond acceptors (Lipinski definition) is 4. The van der Waals surface area contributed by atoms with E-state index in [9.17, 15) is 9.18 Å². The number of aromatic nitrogens is 1. The molecule has 96 valence electrons. The maximum absolute atomic E-state index is 13.8. The van der Waals surface area contributed by atoms with Gasteiger partial charge in [-0.05, 0) is 12.1 Å². The maximum Gasteiger partial charge on any atom is 0.357 e. The lowest BCUT2D eigenvalue weighted by molar-refractivity contribution is 0.0593. The molecule has 1 aromatic heterocycles. The summed E-state index contributed by atoms with van der Waals surface area (Å²) in [5.41, 5.74) is 5.82. The molecule has 0 amide bonds. The molecule has 1 heterocycles. The number of carbonyl (C=O) groups is 1. The van der Waals surface area contributed by atoms with Crippen LogP contribution in [0.25, 0.3) is 5.69 Å². The van der Waals surface area contributed by atoms with Gasteiger partial charge in [0.1, 0.15) is 11.9 Å². The van der Waals surface area contributed by atoms with Crippen molar-refractivity contribution in [2.45, 2.75) is 0 Å². The molecule has 0 atom stereocenters. The van der Waals surface area contributed by atoms with Crippen LogP contribution >= 0.6 is 0 Å². The summed E-state index contributed by atoms with van der Waals surface area (Å²) in [6.45, 7) is 0. The van der Waals surface area contributed by atoms with Crippen LogP contribution in [0.1, 0.15) is 16.1 Å². The van der Waals surface area contributed by atoms with Gasteiger partial charge in [-0.3, -0.25) is 0 Å². The molecule has 0 saturated carbocycles. The third kappa shape index (κ3) is 2.02. The molecular formula is C13H10FN3O2. The van der Waals surface area contributed by atoms with Gasteiger partial charge >= 0.3 is 5.97 Å². The molecule has 19 heavy (non-hydrogen) atoms. The molecule has 0 spiro atoms. The normalized spacial score (nSPS) is 9.95. The lowest BCUT2D eigenvalue weighted by Crippen LogP contribution is -2.11. The lowest BCUT2D eigenvalue weighted by Gasteiger charge is -2.08. The summed E-state index contributed by atoms with van der Waals surface area (Å²) in [6, 6.07) is 7.71. The van der Waals surface area contributed by atoms with E-state index in [-0.39, 0.29) is 22.6 Å². The molecule has 0 aliphatic rings. The Kier molecular flexibility index (Phi) is 3.21.